The molecule has 0 bridgehead atoms. The first kappa shape index (κ1) is 10.6. The Balaban J connectivity index is 2.88. The maximum absolute atomic E-state index is 11.4. The second-order valence-electron chi connectivity index (χ2n) is 2.58. The lowest BCUT2D eigenvalue weighted by Gasteiger charge is -2.08. The van der Waals surface area contributed by atoms with Gasteiger partial charge in [-0.05, 0) is 32.0 Å². The molecule has 0 amide bonds. The first-order valence-corrected chi connectivity index (χ1v) is 4.59. The molecule has 0 heterocycles. The maximum Gasteiger partial charge on any atom is 0.341 e. The van der Waals surface area contributed by atoms with Crippen molar-refractivity contribution >= 4 is 5.97 Å². The second kappa shape index (κ2) is 5.27. The standard InChI is InChI=1S/C11H13O3/c1-3-13-10-8-6-5-7-9(10)11(12)14-4-2/h6-8H,3-4H2,1-2H3. The van der Waals surface area contributed by atoms with Gasteiger partial charge in [-0.25, -0.2) is 4.79 Å². The van der Waals surface area contributed by atoms with Gasteiger partial charge in [-0.15, -0.1) is 0 Å². The van der Waals surface area contributed by atoms with Crippen molar-refractivity contribution in [3.8, 4) is 5.75 Å². The topological polar surface area (TPSA) is 35.5 Å². The molecule has 0 fully saturated rings. The summed E-state index contributed by atoms with van der Waals surface area (Å²) in [5, 5.41) is 0. The van der Waals surface area contributed by atoms with Crippen LogP contribution in [-0.2, 0) is 4.74 Å². The van der Waals surface area contributed by atoms with E-state index in [9.17, 15) is 4.79 Å². The van der Waals surface area contributed by atoms with E-state index in [1.54, 1.807) is 25.1 Å². The number of rotatable bonds is 4. The molecule has 0 aliphatic carbocycles. The summed E-state index contributed by atoms with van der Waals surface area (Å²) in [6.07, 6.45) is 0. The van der Waals surface area contributed by atoms with E-state index in [1.807, 2.05) is 6.92 Å². The average molecular weight is 193 g/mol. The van der Waals surface area contributed by atoms with Crippen LogP contribution in [0.15, 0.2) is 18.2 Å². The van der Waals surface area contributed by atoms with Gasteiger partial charge in [0.05, 0.1) is 13.2 Å². The third-order valence-electron chi connectivity index (χ3n) is 1.62. The van der Waals surface area contributed by atoms with Crippen molar-refractivity contribution in [2.45, 2.75) is 13.8 Å². The van der Waals surface area contributed by atoms with Gasteiger partial charge in [0.1, 0.15) is 11.3 Å². The van der Waals surface area contributed by atoms with Crippen molar-refractivity contribution < 1.29 is 14.3 Å². The van der Waals surface area contributed by atoms with Crippen LogP contribution in [0.3, 0.4) is 0 Å². The molecule has 0 aromatic heterocycles. The number of ether oxygens (including phenoxy) is 2. The number of hydrogen-bond donors (Lipinski definition) is 0. The van der Waals surface area contributed by atoms with Gasteiger partial charge in [-0.3, -0.25) is 0 Å². The molecule has 3 nitrogen and oxygen atoms in total. The first-order chi connectivity index (χ1) is 6.79. The van der Waals surface area contributed by atoms with Crippen LogP contribution in [0.25, 0.3) is 0 Å². The Morgan fingerprint density at radius 2 is 2.21 bits per heavy atom. The molecule has 0 saturated carbocycles. The van der Waals surface area contributed by atoms with E-state index in [2.05, 4.69) is 6.07 Å². The van der Waals surface area contributed by atoms with Gasteiger partial charge in [-0.2, -0.15) is 0 Å². The van der Waals surface area contributed by atoms with Gasteiger partial charge < -0.3 is 9.47 Å². The van der Waals surface area contributed by atoms with Crippen molar-refractivity contribution in [1.29, 1.82) is 0 Å². The van der Waals surface area contributed by atoms with E-state index >= 15 is 0 Å². The highest BCUT2D eigenvalue weighted by Crippen LogP contribution is 2.18. The third kappa shape index (κ3) is 2.49. The SMILES string of the molecule is CCOC(=O)c1c[c]ccc1OCC. The third-order valence-corrected chi connectivity index (χ3v) is 1.62. The molecular formula is C11H13O3. The van der Waals surface area contributed by atoms with Crippen LogP contribution >= 0.6 is 0 Å². The van der Waals surface area contributed by atoms with E-state index in [1.165, 1.54) is 0 Å². The monoisotopic (exact) mass is 193 g/mol. The smallest absolute Gasteiger partial charge is 0.341 e. The van der Waals surface area contributed by atoms with Crippen LogP contribution in [0.5, 0.6) is 5.75 Å². The predicted molar refractivity (Wildman–Crippen MR) is 52.4 cm³/mol. The fraction of sp³-hybridized carbons (Fsp3) is 0.364. The number of carbonyl (C=O) groups excluding carboxylic acids is 1. The molecule has 0 N–H and O–H groups in total. The molecule has 14 heavy (non-hydrogen) atoms. The van der Waals surface area contributed by atoms with Gasteiger partial charge >= 0.3 is 5.97 Å². The molecular weight excluding hydrogens is 180 g/mol. The molecule has 0 saturated heterocycles. The van der Waals surface area contributed by atoms with Gasteiger partial charge in [0.25, 0.3) is 0 Å². The zero-order valence-corrected chi connectivity index (χ0v) is 8.37. The summed E-state index contributed by atoms with van der Waals surface area (Å²) in [7, 11) is 0. The molecule has 0 spiro atoms. The van der Waals surface area contributed by atoms with Crippen LogP contribution in [0.1, 0.15) is 24.2 Å². The minimum absolute atomic E-state index is 0.360. The highest BCUT2D eigenvalue weighted by atomic mass is 16.5. The molecule has 0 atom stereocenters. The summed E-state index contributed by atoms with van der Waals surface area (Å²) in [6, 6.07) is 7.80. The van der Waals surface area contributed by atoms with Gasteiger partial charge in [0.15, 0.2) is 0 Å². The fourth-order valence-electron chi connectivity index (χ4n) is 1.07. The number of benzene rings is 1. The Morgan fingerprint density at radius 3 is 2.86 bits per heavy atom. The van der Waals surface area contributed by atoms with Crippen LogP contribution < -0.4 is 4.74 Å². The summed E-state index contributed by atoms with van der Waals surface area (Å²) in [6.45, 7) is 4.52. The highest BCUT2D eigenvalue weighted by Gasteiger charge is 2.11. The minimum atomic E-state index is -0.368. The first-order valence-electron chi connectivity index (χ1n) is 4.59. The van der Waals surface area contributed by atoms with Crippen LogP contribution in [0.4, 0.5) is 0 Å². The lowest BCUT2D eigenvalue weighted by molar-refractivity contribution is 0.0522. The van der Waals surface area contributed by atoms with Crippen molar-refractivity contribution in [2.24, 2.45) is 0 Å². The molecule has 1 rings (SSSR count). The molecule has 75 valence electrons. The van der Waals surface area contributed by atoms with Gasteiger partial charge in [0, 0.05) is 0 Å². The Kier molecular flexibility index (Phi) is 3.98. The Hall–Kier alpha value is -1.51. The highest BCUT2D eigenvalue weighted by molar-refractivity contribution is 5.92. The summed E-state index contributed by atoms with van der Waals surface area (Å²) in [4.78, 5) is 11.4. The lowest BCUT2D eigenvalue weighted by Crippen LogP contribution is -2.07. The molecule has 0 aliphatic rings. The van der Waals surface area contributed by atoms with E-state index in [4.69, 9.17) is 9.47 Å². The Labute approximate surface area is 83.6 Å². The average Bonchev–Trinajstić information content (AvgIpc) is 2.19. The fourth-order valence-corrected chi connectivity index (χ4v) is 1.07. The second-order valence-corrected chi connectivity index (χ2v) is 2.58. The quantitative estimate of drug-likeness (QED) is 0.686. The van der Waals surface area contributed by atoms with Crippen LogP contribution in [0, 0.1) is 6.07 Å². The molecule has 1 radical (unpaired) electrons. The molecule has 3 heteroatoms. The lowest BCUT2D eigenvalue weighted by atomic mass is 10.2. The normalized spacial score (nSPS) is 9.57. The largest absolute Gasteiger partial charge is 0.493 e. The van der Waals surface area contributed by atoms with Crippen molar-refractivity contribution in [1.82, 2.24) is 0 Å². The van der Waals surface area contributed by atoms with E-state index in [-0.39, 0.29) is 5.97 Å². The van der Waals surface area contributed by atoms with E-state index < -0.39 is 0 Å². The summed E-state index contributed by atoms with van der Waals surface area (Å²) in [5.74, 6) is 0.178. The Bertz CT molecular complexity index is 307. The van der Waals surface area contributed by atoms with Crippen molar-refractivity contribution in [3.05, 3.63) is 29.8 Å². The number of hydrogen-bond acceptors (Lipinski definition) is 3. The number of esters is 1. The van der Waals surface area contributed by atoms with Gasteiger partial charge in [0.2, 0.25) is 0 Å². The molecule has 0 aliphatic heterocycles. The molecule has 0 unspecified atom stereocenters. The molecule has 1 aromatic rings. The van der Waals surface area contributed by atoms with Crippen LogP contribution in [-0.4, -0.2) is 19.2 Å². The number of carbonyl (C=O) groups is 1. The summed E-state index contributed by atoms with van der Waals surface area (Å²) >= 11 is 0. The van der Waals surface area contributed by atoms with E-state index in [0.717, 1.165) is 0 Å². The van der Waals surface area contributed by atoms with E-state index in [0.29, 0.717) is 24.5 Å². The minimum Gasteiger partial charge on any atom is -0.493 e. The van der Waals surface area contributed by atoms with Crippen molar-refractivity contribution in [2.75, 3.05) is 13.2 Å². The van der Waals surface area contributed by atoms with Gasteiger partial charge in [-0.1, -0.05) is 6.07 Å². The van der Waals surface area contributed by atoms with Crippen molar-refractivity contribution in [3.63, 3.8) is 0 Å². The Morgan fingerprint density at radius 1 is 1.43 bits per heavy atom. The summed E-state index contributed by atoms with van der Waals surface area (Å²) < 4.78 is 10.2. The van der Waals surface area contributed by atoms with Crippen LogP contribution in [0.2, 0.25) is 0 Å². The maximum atomic E-state index is 11.4. The zero-order valence-electron chi connectivity index (χ0n) is 8.37. The molecule has 1 aromatic carbocycles. The zero-order chi connectivity index (χ0) is 10.4. The summed E-state index contributed by atoms with van der Waals surface area (Å²) in [5.41, 5.74) is 0.427. The predicted octanol–water partition coefficient (Wildman–Crippen LogP) is 2.06.